The number of nitrogens with zero attached hydrogens (tertiary/aromatic N) is 2. The molecule has 28 heavy (non-hydrogen) atoms. The lowest BCUT2D eigenvalue weighted by atomic mass is 9.97. The van der Waals surface area contributed by atoms with Crippen molar-refractivity contribution in [2.75, 3.05) is 39.8 Å². The van der Waals surface area contributed by atoms with Gasteiger partial charge >= 0.3 is 0 Å². The number of hydrogen-bond donors (Lipinski definition) is 1. The van der Waals surface area contributed by atoms with Crippen LogP contribution in [-0.2, 0) is 10.0 Å². The Kier molecular flexibility index (Phi) is 8.30. The summed E-state index contributed by atoms with van der Waals surface area (Å²) < 4.78 is 27.2. The molecule has 2 fully saturated rings. The molecule has 1 aromatic carbocycles. The van der Waals surface area contributed by atoms with Gasteiger partial charge in [-0.15, -0.1) is 12.4 Å². The van der Waals surface area contributed by atoms with Crippen molar-refractivity contribution >= 4 is 28.3 Å². The molecular weight excluding hydrogens is 398 g/mol. The number of benzene rings is 1. The molecule has 0 aliphatic carbocycles. The number of sulfonamides is 1. The van der Waals surface area contributed by atoms with Crippen LogP contribution in [0.15, 0.2) is 29.2 Å². The normalized spacial score (nSPS) is 21.9. The van der Waals surface area contributed by atoms with Crippen molar-refractivity contribution in [3.8, 4) is 0 Å². The van der Waals surface area contributed by atoms with Gasteiger partial charge in [0.15, 0.2) is 0 Å². The third kappa shape index (κ3) is 5.26. The monoisotopic (exact) mass is 429 g/mol. The highest BCUT2D eigenvalue weighted by Crippen LogP contribution is 2.24. The minimum Gasteiger partial charge on any atom is -0.338 e. The molecule has 1 amide bonds. The largest absolute Gasteiger partial charge is 0.338 e. The van der Waals surface area contributed by atoms with E-state index in [4.69, 9.17) is 0 Å². The molecule has 8 heteroatoms. The lowest BCUT2D eigenvalue weighted by Gasteiger charge is -2.33. The molecule has 1 unspecified atom stereocenters. The van der Waals surface area contributed by atoms with Crippen LogP contribution in [-0.4, -0.2) is 63.3 Å². The number of halogens is 1. The first-order valence-corrected chi connectivity index (χ1v) is 11.4. The first-order valence-electron chi connectivity index (χ1n) is 9.96. The average molecular weight is 430 g/mol. The zero-order chi connectivity index (χ0) is 19.4. The second kappa shape index (κ2) is 10.1. The van der Waals surface area contributed by atoms with E-state index in [1.807, 2.05) is 11.9 Å². The van der Waals surface area contributed by atoms with Gasteiger partial charge in [-0.1, -0.05) is 6.92 Å². The summed E-state index contributed by atoms with van der Waals surface area (Å²) in [5, 5.41) is 3.19. The van der Waals surface area contributed by atoms with E-state index in [0.717, 1.165) is 45.3 Å². The highest BCUT2D eigenvalue weighted by molar-refractivity contribution is 7.89. The number of piperidine rings is 2. The Morgan fingerprint density at radius 1 is 1.11 bits per heavy atom. The van der Waals surface area contributed by atoms with E-state index >= 15 is 0 Å². The number of carbonyl (C=O) groups is 1. The molecule has 0 bridgehead atoms. The van der Waals surface area contributed by atoms with Gasteiger partial charge < -0.3 is 10.2 Å². The summed E-state index contributed by atoms with van der Waals surface area (Å²) in [6.07, 6.45) is 3.95. The topological polar surface area (TPSA) is 69.7 Å². The first kappa shape index (κ1) is 23.1. The molecule has 3 rings (SSSR count). The van der Waals surface area contributed by atoms with Gasteiger partial charge in [-0.3, -0.25) is 4.79 Å². The number of carbonyl (C=O) groups excluding carboxylic acids is 1. The van der Waals surface area contributed by atoms with Crippen molar-refractivity contribution in [3.63, 3.8) is 0 Å². The summed E-state index contributed by atoms with van der Waals surface area (Å²) in [4.78, 5) is 15.0. The third-order valence-corrected chi connectivity index (χ3v) is 7.69. The first-order chi connectivity index (χ1) is 12.9. The van der Waals surface area contributed by atoms with Gasteiger partial charge in [0.25, 0.3) is 5.91 Å². The van der Waals surface area contributed by atoms with Gasteiger partial charge in [0.05, 0.1) is 4.90 Å². The summed E-state index contributed by atoms with van der Waals surface area (Å²) in [5.74, 6) is 1.05. The molecule has 6 nitrogen and oxygen atoms in total. The maximum Gasteiger partial charge on any atom is 0.253 e. The van der Waals surface area contributed by atoms with Crippen LogP contribution in [0.25, 0.3) is 0 Å². The molecule has 158 valence electrons. The van der Waals surface area contributed by atoms with Gasteiger partial charge in [0, 0.05) is 31.7 Å². The smallest absolute Gasteiger partial charge is 0.253 e. The van der Waals surface area contributed by atoms with E-state index in [2.05, 4.69) is 12.2 Å². The maximum atomic E-state index is 12.8. The Hall–Kier alpha value is -1.15. The van der Waals surface area contributed by atoms with Crippen molar-refractivity contribution in [2.24, 2.45) is 11.8 Å². The fraction of sp³-hybridized carbons (Fsp3) is 0.650. The summed E-state index contributed by atoms with van der Waals surface area (Å²) in [7, 11) is -1.54. The molecule has 2 aliphatic heterocycles. The third-order valence-electron chi connectivity index (χ3n) is 5.78. The molecule has 0 spiro atoms. The average Bonchev–Trinajstić information content (AvgIpc) is 2.68. The van der Waals surface area contributed by atoms with Crippen molar-refractivity contribution in [2.45, 2.75) is 37.5 Å². The number of hydrogen-bond acceptors (Lipinski definition) is 4. The highest BCUT2D eigenvalue weighted by atomic mass is 35.5. The molecule has 1 aromatic rings. The van der Waals surface area contributed by atoms with Crippen LogP contribution in [0, 0.1) is 11.8 Å². The molecule has 0 saturated carbocycles. The molecule has 2 heterocycles. The zero-order valence-electron chi connectivity index (χ0n) is 16.8. The fourth-order valence-corrected chi connectivity index (χ4v) is 5.50. The Morgan fingerprint density at radius 3 is 2.36 bits per heavy atom. The second-order valence-electron chi connectivity index (χ2n) is 7.93. The van der Waals surface area contributed by atoms with E-state index in [1.54, 1.807) is 28.6 Å². The van der Waals surface area contributed by atoms with E-state index < -0.39 is 10.0 Å². The van der Waals surface area contributed by atoms with Crippen LogP contribution in [0.3, 0.4) is 0 Å². The number of amides is 1. The van der Waals surface area contributed by atoms with E-state index in [-0.39, 0.29) is 23.2 Å². The maximum absolute atomic E-state index is 12.8. The summed E-state index contributed by atoms with van der Waals surface area (Å²) in [6.45, 7) is 5.74. The molecule has 2 saturated heterocycles. The minimum absolute atomic E-state index is 0. The number of likely N-dealkylation sites (tertiary alicyclic amines) is 1. The molecule has 0 radical (unpaired) electrons. The van der Waals surface area contributed by atoms with Crippen molar-refractivity contribution in [1.82, 2.24) is 14.5 Å². The van der Waals surface area contributed by atoms with Crippen LogP contribution in [0.1, 0.15) is 43.0 Å². The highest BCUT2D eigenvalue weighted by Gasteiger charge is 2.29. The molecular formula is C20H32ClN3O3S. The predicted molar refractivity (Wildman–Crippen MR) is 113 cm³/mol. The predicted octanol–water partition coefficient (Wildman–Crippen LogP) is 2.60. The van der Waals surface area contributed by atoms with Gasteiger partial charge in [-0.2, -0.15) is 4.31 Å². The zero-order valence-corrected chi connectivity index (χ0v) is 18.4. The van der Waals surface area contributed by atoms with Crippen molar-refractivity contribution in [1.29, 1.82) is 0 Å². The molecule has 1 N–H and O–H groups in total. The summed E-state index contributed by atoms with van der Waals surface area (Å²) >= 11 is 0. The standard InChI is InChI=1S/C20H31N3O3S.ClH/c1-16-9-12-23(13-10-16)27(25,26)19-7-5-18(6-8-19)20(24)22-11-3-4-17(15-22)14-21-2;/h5-8,16-17,21H,3-4,9-15H2,1-2H3;1H. The van der Waals surface area contributed by atoms with E-state index in [1.165, 1.54) is 0 Å². The molecule has 0 aromatic heterocycles. The van der Waals surface area contributed by atoms with E-state index in [0.29, 0.717) is 30.5 Å². The Balaban J connectivity index is 0.00000280. The van der Waals surface area contributed by atoms with Crippen LogP contribution in [0.4, 0.5) is 0 Å². The lowest BCUT2D eigenvalue weighted by molar-refractivity contribution is 0.0674. The van der Waals surface area contributed by atoms with Gasteiger partial charge in [0.1, 0.15) is 0 Å². The summed E-state index contributed by atoms with van der Waals surface area (Å²) in [6, 6.07) is 6.47. The van der Waals surface area contributed by atoms with Crippen LogP contribution in [0.2, 0.25) is 0 Å². The summed E-state index contributed by atoms with van der Waals surface area (Å²) in [5.41, 5.74) is 0.561. The van der Waals surface area contributed by atoms with Gasteiger partial charge in [0.2, 0.25) is 10.0 Å². The Labute approximate surface area is 175 Å². The van der Waals surface area contributed by atoms with Crippen LogP contribution < -0.4 is 5.32 Å². The molecule has 1 atom stereocenters. The Bertz CT molecular complexity index is 744. The second-order valence-corrected chi connectivity index (χ2v) is 9.87. The minimum atomic E-state index is -3.47. The van der Waals surface area contributed by atoms with Gasteiger partial charge in [-0.25, -0.2) is 8.42 Å². The van der Waals surface area contributed by atoms with Crippen molar-refractivity contribution < 1.29 is 13.2 Å². The SMILES string of the molecule is CNCC1CCCN(C(=O)c2ccc(S(=O)(=O)N3CCC(C)CC3)cc2)C1.Cl. The Morgan fingerprint density at radius 2 is 1.75 bits per heavy atom. The van der Waals surface area contributed by atoms with Crippen LogP contribution >= 0.6 is 12.4 Å². The number of rotatable bonds is 5. The fourth-order valence-electron chi connectivity index (χ4n) is 4.03. The van der Waals surface area contributed by atoms with E-state index in [9.17, 15) is 13.2 Å². The lowest BCUT2D eigenvalue weighted by Crippen LogP contribution is -2.42. The van der Waals surface area contributed by atoms with Gasteiger partial charge in [-0.05, 0) is 75.4 Å². The molecule has 2 aliphatic rings. The van der Waals surface area contributed by atoms with Crippen LogP contribution in [0.5, 0.6) is 0 Å². The number of nitrogens with one attached hydrogen (secondary N) is 1. The quantitative estimate of drug-likeness (QED) is 0.781. The van der Waals surface area contributed by atoms with Crippen molar-refractivity contribution in [3.05, 3.63) is 29.8 Å².